The molecule has 0 spiro atoms. The molecular formula is C17H22F3N. The van der Waals surface area contributed by atoms with Gasteiger partial charge in [0.05, 0.1) is 5.56 Å². The zero-order valence-corrected chi connectivity index (χ0v) is 12.6. The molecule has 0 amide bonds. The Morgan fingerprint density at radius 1 is 1.19 bits per heavy atom. The van der Waals surface area contributed by atoms with Crippen molar-refractivity contribution in [1.29, 1.82) is 0 Å². The van der Waals surface area contributed by atoms with Crippen molar-refractivity contribution in [3.05, 3.63) is 35.4 Å². The Labute approximate surface area is 123 Å². The fraction of sp³-hybridized carbons (Fsp3) is 0.647. The normalized spacial score (nSPS) is 23.7. The summed E-state index contributed by atoms with van der Waals surface area (Å²) in [5, 5.41) is 3.51. The average molecular weight is 297 g/mol. The lowest BCUT2D eigenvalue weighted by Crippen LogP contribution is -2.52. The minimum atomic E-state index is -4.26. The van der Waals surface area contributed by atoms with Gasteiger partial charge in [0.1, 0.15) is 0 Å². The third kappa shape index (κ3) is 3.10. The van der Waals surface area contributed by atoms with Crippen LogP contribution < -0.4 is 5.32 Å². The lowest BCUT2D eigenvalue weighted by Gasteiger charge is -2.54. The van der Waals surface area contributed by atoms with Crippen LogP contribution in [-0.4, -0.2) is 12.6 Å². The van der Waals surface area contributed by atoms with Crippen LogP contribution in [0.1, 0.15) is 50.7 Å². The SMILES string of the molecule is CC1(C)CC(CNC2CC2)(c2cccc(C(F)(F)F)c2)C1. The van der Waals surface area contributed by atoms with E-state index in [2.05, 4.69) is 19.2 Å². The molecule has 0 aliphatic heterocycles. The van der Waals surface area contributed by atoms with E-state index in [1.807, 2.05) is 6.07 Å². The summed E-state index contributed by atoms with van der Waals surface area (Å²) in [7, 11) is 0. The zero-order valence-electron chi connectivity index (χ0n) is 12.6. The predicted octanol–water partition coefficient (Wildman–Crippen LogP) is 4.52. The van der Waals surface area contributed by atoms with Gasteiger partial charge in [-0.3, -0.25) is 0 Å². The fourth-order valence-corrected chi connectivity index (χ4v) is 3.86. The minimum absolute atomic E-state index is 0.132. The molecule has 2 saturated carbocycles. The highest BCUT2D eigenvalue weighted by Crippen LogP contribution is 2.55. The summed E-state index contributed by atoms with van der Waals surface area (Å²) >= 11 is 0. The number of hydrogen-bond donors (Lipinski definition) is 1. The Morgan fingerprint density at radius 2 is 1.86 bits per heavy atom. The Kier molecular flexibility index (Phi) is 3.36. The molecule has 3 rings (SSSR count). The number of alkyl halides is 3. The summed E-state index contributed by atoms with van der Waals surface area (Å²) in [6.07, 6.45) is 0.0204. The first-order valence-corrected chi connectivity index (χ1v) is 7.61. The molecule has 2 fully saturated rings. The van der Waals surface area contributed by atoms with E-state index >= 15 is 0 Å². The number of rotatable bonds is 4. The van der Waals surface area contributed by atoms with Crippen molar-refractivity contribution in [2.24, 2.45) is 5.41 Å². The molecule has 2 aliphatic carbocycles. The van der Waals surface area contributed by atoms with Crippen molar-refractivity contribution >= 4 is 0 Å². The van der Waals surface area contributed by atoms with E-state index in [4.69, 9.17) is 0 Å². The van der Waals surface area contributed by atoms with Crippen molar-refractivity contribution in [3.8, 4) is 0 Å². The van der Waals surface area contributed by atoms with Gasteiger partial charge in [-0.1, -0.05) is 32.0 Å². The predicted molar refractivity (Wildman–Crippen MR) is 77.2 cm³/mol. The molecule has 1 aromatic carbocycles. The molecule has 0 bridgehead atoms. The van der Waals surface area contributed by atoms with Crippen LogP contribution in [0.5, 0.6) is 0 Å². The second-order valence-electron chi connectivity index (χ2n) is 7.53. The Morgan fingerprint density at radius 3 is 2.38 bits per heavy atom. The molecule has 0 aromatic heterocycles. The van der Waals surface area contributed by atoms with Gasteiger partial charge in [-0.15, -0.1) is 0 Å². The van der Waals surface area contributed by atoms with E-state index in [1.165, 1.54) is 18.9 Å². The molecule has 0 radical (unpaired) electrons. The molecule has 116 valence electrons. The minimum Gasteiger partial charge on any atom is -0.313 e. The quantitative estimate of drug-likeness (QED) is 0.862. The highest BCUT2D eigenvalue weighted by Gasteiger charge is 2.50. The Balaban J connectivity index is 1.86. The average Bonchev–Trinajstić information content (AvgIpc) is 3.16. The van der Waals surface area contributed by atoms with Crippen LogP contribution in [0.15, 0.2) is 24.3 Å². The summed E-state index contributed by atoms with van der Waals surface area (Å²) in [5.41, 5.74) is 0.396. The van der Waals surface area contributed by atoms with E-state index in [0.29, 0.717) is 6.04 Å². The lowest BCUT2D eigenvalue weighted by atomic mass is 9.52. The molecule has 0 atom stereocenters. The van der Waals surface area contributed by atoms with E-state index in [0.717, 1.165) is 31.0 Å². The number of hydrogen-bond acceptors (Lipinski definition) is 1. The third-order valence-electron chi connectivity index (χ3n) is 4.74. The highest BCUT2D eigenvalue weighted by atomic mass is 19.4. The van der Waals surface area contributed by atoms with Crippen LogP contribution in [0.25, 0.3) is 0 Å². The molecule has 0 heterocycles. The summed E-state index contributed by atoms with van der Waals surface area (Å²) < 4.78 is 38.8. The maximum absolute atomic E-state index is 12.9. The number of benzene rings is 1. The third-order valence-corrected chi connectivity index (χ3v) is 4.74. The smallest absolute Gasteiger partial charge is 0.313 e. The van der Waals surface area contributed by atoms with Crippen LogP contribution in [0.4, 0.5) is 13.2 Å². The lowest BCUT2D eigenvalue weighted by molar-refractivity contribution is -0.137. The summed E-state index contributed by atoms with van der Waals surface area (Å²) in [5.74, 6) is 0. The van der Waals surface area contributed by atoms with Crippen LogP contribution in [-0.2, 0) is 11.6 Å². The van der Waals surface area contributed by atoms with Gasteiger partial charge in [-0.2, -0.15) is 13.2 Å². The first-order valence-electron chi connectivity index (χ1n) is 7.61. The maximum atomic E-state index is 12.9. The van der Waals surface area contributed by atoms with Crippen LogP contribution in [0.2, 0.25) is 0 Å². The second kappa shape index (κ2) is 4.73. The van der Waals surface area contributed by atoms with Crippen molar-refractivity contribution < 1.29 is 13.2 Å². The second-order valence-corrected chi connectivity index (χ2v) is 7.53. The molecule has 0 saturated heterocycles. The van der Waals surface area contributed by atoms with E-state index in [-0.39, 0.29) is 10.8 Å². The molecule has 21 heavy (non-hydrogen) atoms. The molecule has 1 aromatic rings. The van der Waals surface area contributed by atoms with Gasteiger partial charge < -0.3 is 5.32 Å². The molecule has 1 N–H and O–H groups in total. The van der Waals surface area contributed by atoms with Gasteiger partial charge in [-0.05, 0) is 42.7 Å². The van der Waals surface area contributed by atoms with Gasteiger partial charge in [-0.25, -0.2) is 0 Å². The van der Waals surface area contributed by atoms with Crippen molar-refractivity contribution in [2.45, 2.75) is 57.2 Å². The largest absolute Gasteiger partial charge is 0.416 e. The summed E-state index contributed by atoms with van der Waals surface area (Å²) in [4.78, 5) is 0. The van der Waals surface area contributed by atoms with Crippen LogP contribution >= 0.6 is 0 Å². The summed E-state index contributed by atoms with van der Waals surface area (Å²) in [6, 6.07) is 6.50. The molecular weight excluding hydrogens is 275 g/mol. The van der Waals surface area contributed by atoms with Gasteiger partial charge in [0, 0.05) is 18.0 Å². The molecule has 0 unspecified atom stereocenters. The Hall–Kier alpha value is -1.03. The Bertz CT molecular complexity index is 521. The first kappa shape index (κ1) is 14.9. The van der Waals surface area contributed by atoms with Crippen molar-refractivity contribution in [1.82, 2.24) is 5.32 Å². The maximum Gasteiger partial charge on any atom is 0.416 e. The van der Waals surface area contributed by atoms with E-state index < -0.39 is 11.7 Å². The molecule has 1 nitrogen and oxygen atoms in total. The van der Waals surface area contributed by atoms with Gasteiger partial charge >= 0.3 is 6.18 Å². The standard InChI is InChI=1S/C17H22F3N/c1-15(2)9-16(10-15,11-21-14-6-7-14)12-4-3-5-13(8-12)17(18,19)20/h3-5,8,14,21H,6-7,9-11H2,1-2H3. The topological polar surface area (TPSA) is 12.0 Å². The van der Waals surface area contributed by atoms with E-state index in [9.17, 15) is 13.2 Å². The molecule has 2 aliphatic rings. The summed E-state index contributed by atoms with van der Waals surface area (Å²) in [6.45, 7) is 5.17. The molecule has 4 heteroatoms. The van der Waals surface area contributed by atoms with Crippen LogP contribution in [0, 0.1) is 5.41 Å². The number of nitrogens with one attached hydrogen (secondary N) is 1. The van der Waals surface area contributed by atoms with Gasteiger partial charge in [0.2, 0.25) is 0 Å². The zero-order chi connectivity index (χ0) is 15.3. The monoisotopic (exact) mass is 297 g/mol. The van der Waals surface area contributed by atoms with Crippen molar-refractivity contribution in [3.63, 3.8) is 0 Å². The van der Waals surface area contributed by atoms with Crippen LogP contribution in [0.3, 0.4) is 0 Å². The van der Waals surface area contributed by atoms with E-state index in [1.54, 1.807) is 6.07 Å². The van der Waals surface area contributed by atoms with Gasteiger partial charge in [0.25, 0.3) is 0 Å². The van der Waals surface area contributed by atoms with Gasteiger partial charge in [0.15, 0.2) is 0 Å². The highest BCUT2D eigenvalue weighted by molar-refractivity contribution is 5.35. The van der Waals surface area contributed by atoms with Crippen molar-refractivity contribution in [2.75, 3.05) is 6.54 Å². The number of halogens is 3. The first-order chi connectivity index (χ1) is 9.70. The fourth-order valence-electron chi connectivity index (χ4n) is 3.86.